The Labute approximate surface area is 86.9 Å². The van der Waals surface area contributed by atoms with E-state index < -0.39 is 0 Å². The topological polar surface area (TPSA) is 36.7 Å². The Bertz CT molecular complexity index is 322. The molecule has 0 saturated heterocycles. The minimum Gasteiger partial charge on any atom is -0.248 e. The molecule has 0 aromatic carbocycles. The SMILES string of the molecule is CCC(C#N)Sc1ncccc1Cl. The molecule has 0 aliphatic rings. The molecule has 0 spiro atoms. The molecule has 1 rings (SSSR count). The first kappa shape index (κ1) is 10.4. The minimum absolute atomic E-state index is 0.0626. The van der Waals surface area contributed by atoms with Crippen molar-refractivity contribution >= 4 is 23.4 Å². The van der Waals surface area contributed by atoms with Crippen molar-refractivity contribution in [1.82, 2.24) is 4.98 Å². The first-order valence-electron chi connectivity index (χ1n) is 3.94. The van der Waals surface area contributed by atoms with Crippen molar-refractivity contribution in [1.29, 1.82) is 5.26 Å². The summed E-state index contributed by atoms with van der Waals surface area (Å²) in [6.07, 6.45) is 2.48. The van der Waals surface area contributed by atoms with Gasteiger partial charge in [-0.3, -0.25) is 0 Å². The zero-order chi connectivity index (χ0) is 9.68. The average molecular weight is 213 g/mol. The molecule has 0 aliphatic carbocycles. The van der Waals surface area contributed by atoms with Gasteiger partial charge >= 0.3 is 0 Å². The van der Waals surface area contributed by atoms with Gasteiger partial charge in [0.15, 0.2) is 0 Å². The van der Waals surface area contributed by atoms with Gasteiger partial charge in [0.1, 0.15) is 5.03 Å². The molecule has 1 heterocycles. The predicted octanol–water partition coefficient (Wildman–Crippen LogP) is 3.13. The lowest BCUT2D eigenvalue weighted by molar-refractivity contribution is 0.977. The van der Waals surface area contributed by atoms with Crippen LogP contribution in [0, 0.1) is 11.3 Å². The molecular weight excluding hydrogens is 204 g/mol. The van der Waals surface area contributed by atoms with Crippen LogP contribution in [0.15, 0.2) is 23.4 Å². The third-order valence-electron chi connectivity index (χ3n) is 1.49. The van der Waals surface area contributed by atoms with E-state index in [2.05, 4.69) is 11.1 Å². The van der Waals surface area contributed by atoms with Gasteiger partial charge in [0.2, 0.25) is 0 Å². The zero-order valence-corrected chi connectivity index (χ0v) is 8.77. The normalized spacial score (nSPS) is 12.1. The first-order chi connectivity index (χ1) is 6.27. The van der Waals surface area contributed by atoms with E-state index in [1.165, 1.54) is 11.8 Å². The second-order valence-electron chi connectivity index (χ2n) is 2.43. The van der Waals surface area contributed by atoms with Gasteiger partial charge in [-0.25, -0.2) is 4.98 Å². The lowest BCUT2D eigenvalue weighted by Crippen LogP contribution is -1.96. The molecule has 4 heteroatoms. The molecule has 13 heavy (non-hydrogen) atoms. The van der Waals surface area contributed by atoms with Crippen LogP contribution in [0.3, 0.4) is 0 Å². The molecule has 0 amide bonds. The van der Waals surface area contributed by atoms with Crippen LogP contribution in [0.1, 0.15) is 13.3 Å². The molecule has 2 nitrogen and oxygen atoms in total. The highest BCUT2D eigenvalue weighted by atomic mass is 35.5. The van der Waals surface area contributed by atoms with Crippen LogP contribution in [-0.2, 0) is 0 Å². The van der Waals surface area contributed by atoms with E-state index in [1.807, 2.05) is 6.92 Å². The molecule has 1 unspecified atom stereocenters. The zero-order valence-electron chi connectivity index (χ0n) is 7.20. The molecule has 1 atom stereocenters. The summed E-state index contributed by atoms with van der Waals surface area (Å²) in [4.78, 5) is 4.09. The van der Waals surface area contributed by atoms with Crippen LogP contribution in [-0.4, -0.2) is 10.2 Å². The lowest BCUT2D eigenvalue weighted by atomic mass is 10.4. The minimum atomic E-state index is -0.0626. The van der Waals surface area contributed by atoms with Crippen LogP contribution >= 0.6 is 23.4 Å². The van der Waals surface area contributed by atoms with Crippen molar-refractivity contribution in [3.8, 4) is 6.07 Å². The summed E-state index contributed by atoms with van der Waals surface area (Å²) in [6, 6.07) is 5.75. The van der Waals surface area contributed by atoms with Crippen LogP contribution in [0.25, 0.3) is 0 Å². The molecule has 1 aromatic rings. The second-order valence-corrected chi connectivity index (χ2v) is 4.03. The molecule has 1 aromatic heterocycles. The quantitative estimate of drug-likeness (QED) is 0.723. The Kier molecular flexibility index (Phi) is 4.07. The standard InChI is InChI=1S/C9H9ClN2S/c1-2-7(6-11)13-9-8(10)4-3-5-12-9/h3-5,7H,2H2,1H3. The summed E-state index contributed by atoms with van der Waals surface area (Å²) in [6.45, 7) is 1.97. The van der Waals surface area contributed by atoms with Crippen LogP contribution in [0.4, 0.5) is 0 Å². The summed E-state index contributed by atoms with van der Waals surface area (Å²) in [5, 5.41) is 10.0. The lowest BCUT2D eigenvalue weighted by Gasteiger charge is -2.05. The molecule has 0 bridgehead atoms. The van der Waals surface area contributed by atoms with Crippen molar-refractivity contribution in [2.24, 2.45) is 0 Å². The number of thioether (sulfide) groups is 1. The van der Waals surface area contributed by atoms with Gasteiger partial charge < -0.3 is 0 Å². The van der Waals surface area contributed by atoms with E-state index in [1.54, 1.807) is 18.3 Å². The Morgan fingerprint density at radius 1 is 1.77 bits per heavy atom. The van der Waals surface area contributed by atoms with Crippen molar-refractivity contribution in [2.45, 2.75) is 23.6 Å². The number of nitrogens with zero attached hydrogens (tertiary/aromatic N) is 2. The van der Waals surface area contributed by atoms with Crippen molar-refractivity contribution in [2.75, 3.05) is 0 Å². The van der Waals surface area contributed by atoms with Gasteiger partial charge in [-0.2, -0.15) is 5.26 Å². The first-order valence-corrected chi connectivity index (χ1v) is 5.20. The number of hydrogen-bond acceptors (Lipinski definition) is 3. The number of pyridine rings is 1. The van der Waals surface area contributed by atoms with Crippen molar-refractivity contribution < 1.29 is 0 Å². The molecule has 0 fully saturated rings. The van der Waals surface area contributed by atoms with Gasteiger partial charge in [-0.1, -0.05) is 30.3 Å². The molecular formula is C9H9ClN2S. The fraction of sp³-hybridized carbons (Fsp3) is 0.333. The summed E-state index contributed by atoms with van der Waals surface area (Å²) in [7, 11) is 0. The third-order valence-corrected chi connectivity index (χ3v) is 3.18. The molecule has 0 N–H and O–H groups in total. The number of hydrogen-bond donors (Lipinski definition) is 0. The van der Waals surface area contributed by atoms with Gasteiger partial charge in [0, 0.05) is 6.20 Å². The summed E-state index contributed by atoms with van der Waals surface area (Å²) in [5.41, 5.74) is 0. The molecule has 68 valence electrons. The van der Waals surface area contributed by atoms with E-state index in [0.717, 1.165) is 11.4 Å². The van der Waals surface area contributed by atoms with E-state index in [-0.39, 0.29) is 5.25 Å². The van der Waals surface area contributed by atoms with Gasteiger partial charge in [-0.05, 0) is 18.6 Å². The number of halogens is 1. The smallest absolute Gasteiger partial charge is 0.116 e. The van der Waals surface area contributed by atoms with Gasteiger partial charge in [0.05, 0.1) is 16.3 Å². The Balaban J connectivity index is 2.74. The van der Waals surface area contributed by atoms with E-state index >= 15 is 0 Å². The third kappa shape index (κ3) is 2.91. The fourth-order valence-electron chi connectivity index (χ4n) is 0.794. The highest BCUT2D eigenvalue weighted by Gasteiger charge is 2.09. The number of rotatable bonds is 3. The second kappa shape index (κ2) is 5.11. The molecule has 0 radical (unpaired) electrons. The van der Waals surface area contributed by atoms with E-state index in [0.29, 0.717) is 5.02 Å². The van der Waals surface area contributed by atoms with Crippen molar-refractivity contribution in [3.63, 3.8) is 0 Å². The van der Waals surface area contributed by atoms with Gasteiger partial charge in [0.25, 0.3) is 0 Å². The van der Waals surface area contributed by atoms with E-state index in [9.17, 15) is 0 Å². The Morgan fingerprint density at radius 3 is 3.08 bits per heavy atom. The Hall–Kier alpha value is -0.720. The number of nitriles is 1. The fourth-order valence-corrected chi connectivity index (χ4v) is 1.84. The highest BCUT2D eigenvalue weighted by molar-refractivity contribution is 8.00. The Morgan fingerprint density at radius 2 is 2.54 bits per heavy atom. The summed E-state index contributed by atoms with van der Waals surface area (Å²) >= 11 is 7.30. The maximum absolute atomic E-state index is 8.74. The predicted molar refractivity (Wildman–Crippen MR) is 54.8 cm³/mol. The molecule has 0 aliphatic heterocycles. The highest BCUT2D eigenvalue weighted by Crippen LogP contribution is 2.28. The van der Waals surface area contributed by atoms with Crippen LogP contribution in [0.2, 0.25) is 5.02 Å². The molecule has 0 saturated carbocycles. The number of aromatic nitrogens is 1. The monoisotopic (exact) mass is 212 g/mol. The van der Waals surface area contributed by atoms with Gasteiger partial charge in [-0.15, -0.1) is 0 Å². The maximum atomic E-state index is 8.74. The largest absolute Gasteiger partial charge is 0.248 e. The van der Waals surface area contributed by atoms with E-state index in [4.69, 9.17) is 16.9 Å². The van der Waals surface area contributed by atoms with Crippen LogP contribution < -0.4 is 0 Å². The summed E-state index contributed by atoms with van der Waals surface area (Å²) in [5.74, 6) is 0. The van der Waals surface area contributed by atoms with Crippen molar-refractivity contribution in [3.05, 3.63) is 23.4 Å². The average Bonchev–Trinajstić information content (AvgIpc) is 2.17. The maximum Gasteiger partial charge on any atom is 0.116 e. The van der Waals surface area contributed by atoms with Crippen LogP contribution in [0.5, 0.6) is 0 Å². The summed E-state index contributed by atoms with van der Waals surface area (Å²) < 4.78 is 0.